The number of hydrogen-bond acceptors (Lipinski definition) is 3. The molecular formula is C24H23N5O. The SMILES string of the molecule is Cc1ccc(NC(=O)Nc2cccc3c2CCN3Cc2ccnc3[nH]ccc23)cc1. The van der Waals surface area contributed by atoms with Gasteiger partial charge in [0, 0.05) is 53.5 Å². The number of pyridine rings is 1. The summed E-state index contributed by atoms with van der Waals surface area (Å²) in [4.78, 5) is 22.4. The smallest absolute Gasteiger partial charge is 0.323 e. The normalized spacial score (nSPS) is 12.8. The summed E-state index contributed by atoms with van der Waals surface area (Å²) in [5.74, 6) is 0. The highest BCUT2D eigenvalue weighted by atomic mass is 16.2. The molecule has 1 aliphatic rings. The highest BCUT2D eigenvalue weighted by Gasteiger charge is 2.23. The van der Waals surface area contributed by atoms with Gasteiger partial charge >= 0.3 is 6.03 Å². The second-order valence-corrected chi connectivity index (χ2v) is 7.63. The molecule has 3 heterocycles. The third kappa shape index (κ3) is 3.48. The number of amides is 2. The van der Waals surface area contributed by atoms with Gasteiger partial charge in [-0.25, -0.2) is 9.78 Å². The van der Waals surface area contributed by atoms with E-state index >= 15 is 0 Å². The molecule has 2 aromatic heterocycles. The minimum absolute atomic E-state index is 0.228. The molecule has 30 heavy (non-hydrogen) atoms. The predicted octanol–water partition coefficient (Wildman–Crippen LogP) is 5.08. The molecule has 6 nitrogen and oxygen atoms in total. The van der Waals surface area contributed by atoms with Gasteiger partial charge in [0.15, 0.2) is 0 Å². The van der Waals surface area contributed by atoms with E-state index in [1.807, 2.05) is 55.7 Å². The summed E-state index contributed by atoms with van der Waals surface area (Å²) >= 11 is 0. The average molecular weight is 397 g/mol. The number of urea groups is 1. The lowest BCUT2D eigenvalue weighted by Crippen LogP contribution is -2.20. The van der Waals surface area contributed by atoms with Crippen LogP contribution in [0.1, 0.15) is 16.7 Å². The zero-order chi connectivity index (χ0) is 20.5. The Kier molecular flexibility index (Phi) is 4.59. The van der Waals surface area contributed by atoms with Crippen molar-refractivity contribution in [1.82, 2.24) is 9.97 Å². The number of nitrogens with zero attached hydrogens (tertiary/aromatic N) is 2. The van der Waals surface area contributed by atoms with Crippen molar-refractivity contribution in [2.75, 3.05) is 22.1 Å². The molecule has 0 atom stereocenters. The molecular weight excluding hydrogens is 374 g/mol. The first-order valence-electron chi connectivity index (χ1n) is 10.1. The highest BCUT2D eigenvalue weighted by molar-refractivity contribution is 6.01. The van der Waals surface area contributed by atoms with Crippen LogP contribution in [0.25, 0.3) is 11.0 Å². The summed E-state index contributed by atoms with van der Waals surface area (Å²) in [5.41, 5.74) is 7.30. The molecule has 150 valence electrons. The average Bonchev–Trinajstić information content (AvgIpc) is 3.38. The van der Waals surface area contributed by atoms with Gasteiger partial charge in [0.25, 0.3) is 0 Å². The number of aromatic amines is 1. The van der Waals surface area contributed by atoms with Crippen molar-refractivity contribution < 1.29 is 4.79 Å². The molecule has 0 radical (unpaired) electrons. The van der Waals surface area contributed by atoms with Gasteiger partial charge < -0.3 is 20.5 Å². The molecule has 0 bridgehead atoms. The summed E-state index contributed by atoms with van der Waals surface area (Å²) < 4.78 is 0. The van der Waals surface area contributed by atoms with Gasteiger partial charge in [-0.1, -0.05) is 23.8 Å². The number of H-pyrrole nitrogens is 1. The maximum Gasteiger partial charge on any atom is 0.323 e. The molecule has 5 rings (SSSR count). The maximum atomic E-state index is 12.5. The molecule has 2 amide bonds. The summed E-state index contributed by atoms with van der Waals surface area (Å²) in [6.07, 6.45) is 4.67. The number of benzene rings is 2. The number of nitrogens with one attached hydrogen (secondary N) is 3. The lowest BCUT2D eigenvalue weighted by atomic mass is 10.1. The lowest BCUT2D eigenvalue weighted by molar-refractivity contribution is 0.262. The van der Waals surface area contributed by atoms with E-state index in [2.05, 4.69) is 43.7 Å². The Morgan fingerprint density at radius 3 is 2.83 bits per heavy atom. The summed E-state index contributed by atoms with van der Waals surface area (Å²) in [5, 5.41) is 7.08. The lowest BCUT2D eigenvalue weighted by Gasteiger charge is -2.20. The molecule has 0 saturated heterocycles. The predicted molar refractivity (Wildman–Crippen MR) is 121 cm³/mol. The number of anilines is 3. The molecule has 2 aromatic carbocycles. The Labute approximate surface area is 174 Å². The molecule has 1 aliphatic heterocycles. The van der Waals surface area contributed by atoms with E-state index in [0.717, 1.165) is 47.5 Å². The van der Waals surface area contributed by atoms with E-state index in [0.29, 0.717) is 0 Å². The van der Waals surface area contributed by atoms with Gasteiger partial charge in [-0.3, -0.25) is 0 Å². The number of fused-ring (bicyclic) bond motifs is 2. The largest absolute Gasteiger partial charge is 0.367 e. The van der Waals surface area contributed by atoms with Gasteiger partial charge in [0.2, 0.25) is 0 Å². The van der Waals surface area contributed by atoms with Crippen LogP contribution in [0.3, 0.4) is 0 Å². The van der Waals surface area contributed by atoms with Gasteiger partial charge in [-0.15, -0.1) is 0 Å². The van der Waals surface area contributed by atoms with E-state index in [4.69, 9.17) is 0 Å². The van der Waals surface area contributed by atoms with Crippen LogP contribution in [-0.4, -0.2) is 22.5 Å². The number of aromatic nitrogens is 2. The van der Waals surface area contributed by atoms with E-state index < -0.39 is 0 Å². The first-order chi connectivity index (χ1) is 14.7. The standard InChI is InChI=1S/C24H23N5O/c1-16-5-7-18(8-6-16)27-24(30)28-21-3-2-4-22-20(21)11-14-29(22)15-17-9-12-25-23-19(17)10-13-26-23/h2-10,12-13H,11,14-15H2,1H3,(H,25,26)(H2,27,28,30). The van der Waals surface area contributed by atoms with Crippen LogP contribution in [0.4, 0.5) is 21.9 Å². The fourth-order valence-corrected chi connectivity index (χ4v) is 4.07. The number of hydrogen-bond donors (Lipinski definition) is 3. The van der Waals surface area contributed by atoms with Gasteiger partial charge in [-0.05, 0) is 55.3 Å². The van der Waals surface area contributed by atoms with Gasteiger partial charge in [0.1, 0.15) is 5.65 Å². The van der Waals surface area contributed by atoms with E-state index in [-0.39, 0.29) is 6.03 Å². The Balaban J connectivity index is 1.34. The second-order valence-electron chi connectivity index (χ2n) is 7.63. The molecule has 0 spiro atoms. The summed E-state index contributed by atoms with van der Waals surface area (Å²) in [7, 11) is 0. The van der Waals surface area contributed by atoms with E-state index in [1.165, 1.54) is 16.8 Å². The van der Waals surface area contributed by atoms with Crippen LogP contribution in [0.5, 0.6) is 0 Å². The Morgan fingerprint density at radius 2 is 1.97 bits per heavy atom. The van der Waals surface area contributed by atoms with Crippen LogP contribution in [0.15, 0.2) is 67.0 Å². The third-order valence-corrected chi connectivity index (χ3v) is 5.59. The van der Waals surface area contributed by atoms with Gasteiger partial charge in [-0.2, -0.15) is 0 Å². The van der Waals surface area contributed by atoms with Crippen molar-refractivity contribution in [3.8, 4) is 0 Å². The van der Waals surface area contributed by atoms with E-state index in [9.17, 15) is 4.79 Å². The van der Waals surface area contributed by atoms with Gasteiger partial charge in [0.05, 0.1) is 0 Å². The first-order valence-corrected chi connectivity index (χ1v) is 10.1. The van der Waals surface area contributed by atoms with E-state index in [1.54, 1.807) is 0 Å². The Bertz CT molecular complexity index is 1210. The minimum Gasteiger partial charge on any atom is -0.367 e. The minimum atomic E-state index is -0.228. The third-order valence-electron chi connectivity index (χ3n) is 5.59. The molecule has 4 aromatic rings. The monoisotopic (exact) mass is 397 g/mol. The Morgan fingerprint density at radius 1 is 1.10 bits per heavy atom. The van der Waals surface area contributed by atoms with Crippen molar-refractivity contribution in [2.45, 2.75) is 19.9 Å². The van der Waals surface area contributed by atoms with Crippen LogP contribution in [0, 0.1) is 6.92 Å². The zero-order valence-electron chi connectivity index (χ0n) is 16.8. The molecule has 6 heteroatoms. The molecule has 0 unspecified atom stereocenters. The van der Waals surface area contributed by atoms with Crippen molar-refractivity contribution in [3.63, 3.8) is 0 Å². The zero-order valence-corrected chi connectivity index (χ0v) is 16.8. The van der Waals surface area contributed by atoms with Crippen molar-refractivity contribution in [1.29, 1.82) is 0 Å². The second kappa shape index (κ2) is 7.55. The summed E-state index contributed by atoms with van der Waals surface area (Å²) in [6, 6.07) is 17.8. The van der Waals surface area contributed by atoms with Crippen LogP contribution < -0.4 is 15.5 Å². The number of carbonyl (C=O) groups is 1. The maximum absolute atomic E-state index is 12.5. The fraction of sp³-hybridized carbons (Fsp3) is 0.167. The van der Waals surface area contributed by atoms with Crippen molar-refractivity contribution in [3.05, 3.63) is 83.7 Å². The molecule has 0 saturated carbocycles. The first kappa shape index (κ1) is 18.2. The van der Waals surface area contributed by atoms with Crippen molar-refractivity contribution in [2.24, 2.45) is 0 Å². The number of rotatable bonds is 4. The fourth-order valence-electron chi connectivity index (χ4n) is 4.07. The molecule has 0 fully saturated rings. The van der Waals surface area contributed by atoms with Crippen molar-refractivity contribution >= 4 is 34.1 Å². The summed E-state index contributed by atoms with van der Waals surface area (Å²) in [6.45, 7) is 3.75. The quantitative estimate of drug-likeness (QED) is 0.450. The highest BCUT2D eigenvalue weighted by Crippen LogP contribution is 2.35. The molecule has 3 N–H and O–H groups in total. The number of aryl methyl sites for hydroxylation is 1. The Hall–Kier alpha value is -3.80. The number of carbonyl (C=O) groups excluding carboxylic acids is 1. The topological polar surface area (TPSA) is 73.1 Å². The van der Waals surface area contributed by atoms with Crippen LogP contribution >= 0.6 is 0 Å². The van der Waals surface area contributed by atoms with Crippen LogP contribution in [0.2, 0.25) is 0 Å². The van der Waals surface area contributed by atoms with Crippen LogP contribution in [-0.2, 0) is 13.0 Å². The molecule has 0 aliphatic carbocycles.